The predicted molar refractivity (Wildman–Crippen MR) is 85.1 cm³/mol. The minimum Gasteiger partial charge on any atom is -0.392 e. The molecule has 0 saturated carbocycles. The fourth-order valence-electron chi connectivity index (χ4n) is 2.29. The van der Waals surface area contributed by atoms with E-state index in [1.54, 1.807) is 11.1 Å². The highest BCUT2D eigenvalue weighted by Gasteiger charge is 2.33. The van der Waals surface area contributed by atoms with E-state index in [1.165, 1.54) is 6.20 Å². The van der Waals surface area contributed by atoms with Crippen LogP contribution < -0.4 is 5.73 Å². The SMILES string of the molecule is Cc1cnc(C(=O)N2CCN(C(C)(C)C(N)=S)CC2)cn1. The third-order valence-corrected chi connectivity index (χ3v) is 4.46. The van der Waals surface area contributed by atoms with E-state index in [-0.39, 0.29) is 11.4 Å². The summed E-state index contributed by atoms with van der Waals surface area (Å²) in [6.45, 7) is 8.64. The molecule has 1 aromatic rings. The Balaban J connectivity index is 1.99. The smallest absolute Gasteiger partial charge is 0.274 e. The van der Waals surface area contributed by atoms with Crippen LogP contribution in [0.3, 0.4) is 0 Å². The quantitative estimate of drug-likeness (QED) is 0.825. The maximum atomic E-state index is 12.4. The van der Waals surface area contributed by atoms with E-state index in [0.717, 1.165) is 18.8 Å². The van der Waals surface area contributed by atoms with Crippen LogP contribution in [0.5, 0.6) is 0 Å². The fraction of sp³-hybridized carbons (Fsp3) is 0.571. The van der Waals surface area contributed by atoms with Crippen molar-refractivity contribution in [2.45, 2.75) is 26.3 Å². The van der Waals surface area contributed by atoms with Crippen LogP contribution in [0.4, 0.5) is 0 Å². The van der Waals surface area contributed by atoms with Crippen LogP contribution in [0, 0.1) is 6.92 Å². The molecule has 1 aliphatic rings. The lowest BCUT2D eigenvalue weighted by Gasteiger charge is -2.43. The Labute approximate surface area is 130 Å². The van der Waals surface area contributed by atoms with Crippen LogP contribution in [0.1, 0.15) is 30.0 Å². The minimum absolute atomic E-state index is 0.0738. The molecule has 0 bridgehead atoms. The zero-order valence-electron chi connectivity index (χ0n) is 12.7. The second-order valence-corrected chi connectivity index (χ2v) is 6.19. The number of hydrogen-bond donors (Lipinski definition) is 1. The maximum Gasteiger partial charge on any atom is 0.274 e. The number of hydrogen-bond acceptors (Lipinski definition) is 5. The summed E-state index contributed by atoms with van der Waals surface area (Å²) in [6.07, 6.45) is 3.14. The summed E-state index contributed by atoms with van der Waals surface area (Å²) in [5.74, 6) is -0.0738. The molecule has 0 radical (unpaired) electrons. The van der Waals surface area contributed by atoms with Gasteiger partial charge in [0.05, 0.1) is 22.4 Å². The molecule has 0 aromatic carbocycles. The lowest BCUT2D eigenvalue weighted by Crippen LogP contribution is -2.59. The summed E-state index contributed by atoms with van der Waals surface area (Å²) in [6, 6.07) is 0. The Kier molecular flexibility index (Phi) is 4.53. The Bertz CT molecular complexity index is 535. The molecule has 2 N–H and O–H groups in total. The monoisotopic (exact) mass is 307 g/mol. The topological polar surface area (TPSA) is 75.4 Å². The zero-order chi connectivity index (χ0) is 15.6. The van der Waals surface area contributed by atoms with Crippen LogP contribution >= 0.6 is 12.2 Å². The summed E-state index contributed by atoms with van der Waals surface area (Å²) in [4.78, 5) is 25.1. The molecule has 0 unspecified atom stereocenters. The van der Waals surface area contributed by atoms with E-state index in [2.05, 4.69) is 14.9 Å². The highest BCUT2D eigenvalue weighted by molar-refractivity contribution is 7.80. The molecule has 1 fully saturated rings. The molecule has 7 heteroatoms. The van der Waals surface area contributed by atoms with E-state index in [4.69, 9.17) is 18.0 Å². The van der Waals surface area contributed by atoms with E-state index < -0.39 is 0 Å². The van der Waals surface area contributed by atoms with Crippen molar-refractivity contribution < 1.29 is 4.79 Å². The molecule has 0 spiro atoms. The van der Waals surface area contributed by atoms with Gasteiger partial charge in [0, 0.05) is 32.4 Å². The predicted octanol–water partition coefficient (Wildman–Crippen LogP) is 0.608. The number of thiocarbonyl (C=S) groups is 1. The number of amides is 1. The number of nitrogens with two attached hydrogens (primary N) is 1. The average Bonchev–Trinajstić information content (AvgIpc) is 2.47. The van der Waals surface area contributed by atoms with E-state index in [1.807, 2.05) is 20.8 Å². The van der Waals surface area contributed by atoms with Gasteiger partial charge in [0.2, 0.25) is 0 Å². The van der Waals surface area contributed by atoms with Crippen LogP contribution in [-0.2, 0) is 0 Å². The normalized spacial score (nSPS) is 16.8. The third-order valence-electron chi connectivity index (χ3n) is 3.96. The first-order valence-corrected chi connectivity index (χ1v) is 7.36. The van der Waals surface area contributed by atoms with Crippen molar-refractivity contribution in [1.82, 2.24) is 19.8 Å². The summed E-state index contributed by atoms with van der Waals surface area (Å²) >= 11 is 5.12. The average molecular weight is 307 g/mol. The number of carbonyl (C=O) groups excluding carboxylic acids is 1. The summed E-state index contributed by atoms with van der Waals surface area (Å²) in [5.41, 5.74) is 6.66. The number of nitrogens with zero attached hydrogens (tertiary/aromatic N) is 4. The van der Waals surface area contributed by atoms with E-state index in [0.29, 0.717) is 23.8 Å². The number of aryl methyl sites for hydroxylation is 1. The van der Waals surface area contributed by atoms with Crippen molar-refractivity contribution in [3.63, 3.8) is 0 Å². The summed E-state index contributed by atoms with van der Waals surface area (Å²) < 4.78 is 0. The summed E-state index contributed by atoms with van der Waals surface area (Å²) in [7, 11) is 0. The van der Waals surface area contributed by atoms with Crippen LogP contribution in [-0.4, -0.2) is 62.4 Å². The van der Waals surface area contributed by atoms with Gasteiger partial charge in [-0.25, -0.2) is 4.98 Å². The Morgan fingerprint density at radius 1 is 1.24 bits per heavy atom. The van der Waals surface area contributed by atoms with Gasteiger partial charge >= 0.3 is 0 Å². The number of carbonyl (C=O) groups is 1. The molecular formula is C14H21N5OS. The molecule has 1 aliphatic heterocycles. The van der Waals surface area contributed by atoms with Gasteiger partial charge in [0.25, 0.3) is 5.91 Å². The lowest BCUT2D eigenvalue weighted by atomic mass is 10.0. The second-order valence-electron chi connectivity index (χ2n) is 5.75. The van der Waals surface area contributed by atoms with E-state index in [9.17, 15) is 4.79 Å². The van der Waals surface area contributed by atoms with Crippen molar-refractivity contribution in [2.75, 3.05) is 26.2 Å². The molecule has 0 aliphatic carbocycles. The van der Waals surface area contributed by atoms with Crippen molar-refractivity contribution in [2.24, 2.45) is 5.73 Å². The van der Waals surface area contributed by atoms with Gasteiger partial charge in [-0.1, -0.05) is 12.2 Å². The van der Waals surface area contributed by atoms with Crippen LogP contribution in [0.15, 0.2) is 12.4 Å². The highest BCUT2D eigenvalue weighted by Crippen LogP contribution is 2.18. The van der Waals surface area contributed by atoms with Crippen LogP contribution in [0.25, 0.3) is 0 Å². The molecule has 114 valence electrons. The van der Waals surface area contributed by atoms with E-state index >= 15 is 0 Å². The Morgan fingerprint density at radius 2 is 1.86 bits per heavy atom. The van der Waals surface area contributed by atoms with Gasteiger partial charge in [-0.3, -0.25) is 14.7 Å². The van der Waals surface area contributed by atoms with Gasteiger partial charge < -0.3 is 10.6 Å². The first kappa shape index (κ1) is 15.8. The van der Waals surface area contributed by atoms with Gasteiger partial charge in [0.15, 0.2) is 0 Å². The Hall–Kier alpha value is -1.60. The van der Waals surface area contributed by atoms with Crippen molar-refractivity contribution >= 4 is 23.1 Å². The van der Waals surface area contributed by atoms with Gasteiger partial charge in [-0.05, 0) is 20.8 Å². The van der Waals surface area contributed by atoms with Gasteiger partial charge in [-0.2, -0.15) is 0 Å². The van der Waals surface area contributed by atoms with Crippen molar-refractivity contribution in [3.05, 3.63) is 23.8 Å². The fourth-order valence-corrected chi connectivity index (χ4v) is 2.42. The lowest BCUT2D eigenvalue weighted by molar-refractivity contribution is 0.0534. The molecule has 1 amide bonds. The highest BCUT2D eigenvalue weighted by atomic mass is 32.1. The number of piperazine rings is 1. The minimum atomic E-state index is -0.325. The molecule has 21 heavy (non-hydrogen) atoms. The van der Waals surface area contributed by atoms with Gasteiger partial charge in [0.1, 0.15) is 5.69 Å². The molecule has 0 atom stereocenters. The molecule has 2 rings (SSSR count). The molecule has 6 nitrogen and oxygen atoms in total. The van der Waals surface area contributed by atoms with Gasteiger partial charge in [-0.15, -0.1) is 0 Å². The second kappa shape index (κ2) is 6.03. The number of rotatable bonds is 3. The van der Waals surface area contributed by atoms with Crippen molar-refractivity contribution in [1.29, 1.82) is 0 Å². The number of aromatic nitrogens is 2. The maximum absolute atomic E-state index is 12.4. The largest absolute Gasteiger partial charge is 0.392 e. The van der Waals surface area contributed by atoms with Crippen LogP contribution in [0.2, 0.25) is 0 Å². The molecular weight excluding hydrogens is 286 g/mol. The Morgan fingerprint density at radius 3 is 2.33 bits per heavy atom. The first-order valence-electron chi connectivity index (χ1n) is 6.95. The molecule has 1 aromatic heterocycles. The standard InChI is InChI=1S/C14H21N5OS/c1-10-8-17-11(9-16-10)12(20)18-4-6-19(7-5-18)14(2,3)13(15)21/h8-9H,4-7H2,1-3H3,(H2,15,21). The summed E-state index contributed by atoms with van der Waals surface area (Å²) in [5, 5.41) is 0. The van der Waals surface area contributed by atoms with Crippen molar-refractivity contribution in [3.8, 4) is 0 Å². The molecule has 1 saturated heterocycles. The zero-order valence-corrected chi connectivity index (χ0v) is 13.5. The first-order chi connectivity index (χ1) is 9.82. The molecule has 2 heterocycles. The third kappa shape index (κ3) is 3.36.